The van der Waals surface area contributed by atoms with Gasteiger partial charge in [0.1, 0.15) is 5.75 Å². The van der Waals surface area contributed by atoms with Gasteiger partial charge in [-0.25, -0.2) is 0 Å². The summed E-state index contributed by atoms with van der Waals surface area (Å²) in [6, 6.07) is 5.02. The predicted molar refractivity (Wildman–Crippen MR) is 68.5 cm³/mol. The van der Waals surface area contributed by atoms with E-state index in [0.717, 1.165) is 0 Å². The van der Waals surface area contributed by atoms with Gasteiger partial charge in [0.25, 0.3) is 0 Å². The Balaban J connectivity index is 2.91. The normalized spacial score (nSPS) is 9.39. The molecule has 0 aliphatic rings. The summed E-state index contributed by atoms with van der Waals surface area (Å²) in [6.45, 7) is 1.66. The van der Waals surface area contributed by atoms with Crippen LogP contribution in [0.3, 0.4) is 0 Å². The number of ketones is 1. The zero-order valence-electron chi connectivity index (χ0n) is 10.4. The molecule has 94 valence electrons. The van der Waals surface area contributed by atoms with Gasteiger partial charge in [0.15, 0.2) is 5.78 Å². The molecule has 1 N–H and O–H groups in total. The van der Waals surface area contributed by atoms with Gasteiger partial charge in [-0.05, 0) is 25.1 Å². The monoisotopic (exact) mass is 245 g/mol. The average Bonchev–Trinajstić information content (AvgIpc) is 2.36. The Morgan fingerprint density at radius 2 is 2.17 bits per heavy atom. The maximum atomic E-state index is 11.6. The number of nitrogens with one attached hydrogen (secondary N) is 1. The fourth-order valence-electron chi connectivity index (χ4n) is 1.52. The third-order valence-electron chi connectivity index (χ3n) is 2.43. The second-order valence-electron chi connectivity index (χ2n) is 3.74. The largest absolute Gasteiger partial charge is 0.496 e. The molecule has 0 aliphatic carbocycles. The Kier molecular flexibility index (Phi) is 4.94. The first kappa shape index (κ1) is 13.8. The number of hydrogen-bond acceptors (Lipinski definition) is 3. The SMILES string of the molecule is C#CCNC(=O)Cc1cc(C(C)=O)ccc1OC. The summed E-state index contributed by atoms with van der Waals surface area (Å²) in [5.41, 5.74) is 1.22. The van der Waals surface area contributed by atoms with Crippen LogP contribution in [0.5, 0.6) is 5.75 Å². The summed E-state index contributed by atoms with van der Waals surface area (Å²) in [5.74, 6) is 2.65. The van der Waals surface area contributed by atoms with Crippen LogP contribution in [0.1, 0.15) is 22.8 Å². The van der Waals surface area contributed by atoms with Gasteiger partial charge in [0.05, 0.1) is 20.1 Å². The molecule has 0 aromatic heterocycles. The van der Waals surface area contributed by atoms with Crippen molar-refractivity contribution in [2.75, 3.05) is 13.7 Å². The molecular weight excluding hydrogens is 230 g/mol. The van der Waals surface area contributed by atoms with E-state index in [4.69, 9.17) is 11.2 Å². The molecule has 1 aromatic carbocycles. The van der Waals surface area contributed by atoms with Crippen LogP contribution >= 0.6 is 0 Å². The van der Waals surface area contributed by atoms with Gasteiger partial charge < -0.3 is 10.1 Å². The number of amides is 1. The van der Waals surface area contributed by atoms with Crippen LogP contribution in [0, 0.1) is 12.3 Å². The number of Topliss-reactive ketones (excluding diaryl/α,β-unsaturated/α-hetero) is 1. The highest BCUT2D eigenvalue weighted by molar-refractivity contribution is 5.94. The number of terminal acetylenes is 1. The van der Waals surface area contributed by atoms with Crippen LogP contribution in [0.4, 0.5) is 0 Å². The van der Waals surface area contributed by atoms with Gasteiger partial charge >= 0.3 is 0 Å². The highest BCUT2D eigenvalue weighted by atomic mass is 16.5. The smallest absolute Gasteiger partial charge is 0.225 e. The summed E-state index contributed by atoms with van der Waals surface area (Å²) in [7, 11) is 1.52. The van der Waals surface area contributed by atoms with E-state index in [1.54, 1.807) is 18.2 Å². The van der Waals surface area contributed by atoms with Gasteiger partial charge in [0, 0.05) is 11.1 Å². The zero-order valence-corrected chi connectivity index (χ0v) is 10.4. The zero-order chi connectivity index (χ0) is 13.5. The second kappa shape index (κ2) is 6.45. The first-order valence-corrected chi connectivity index (χ1v) is 5.46. The average molecular weight is 245 g/mol. The molecule has 0 bridgehead atoms. The van der Waals surface area contributed by atoms with Crippen LogP contribution < -0.4 is 10.1 Å². The maximum Gasteiger partial charge on any atom is 0.225 e. The standard InChI is InChI=1S/C14H15NO3/c1-4-7-15-14(17)9-12-8-11(10(2)16)5-6-13(12)18-3/h1,5-6,8H,7,9H2,2-3H3,(H,15,17). The molecule has 4 nitrogen and oxygen atoms in total. The lowest BCUT2D eigenvalue weighted by atomic mass is 10.0. The first-order chi connectivity index (χ1) is 8.58. The summed E-state index contributed by atoms with van der Waals surface area (Å²) in [5, 5.41) is 2.57. The van der Waals surface area contributed by atoms with Crippen LogP contribution in [-0.4, -0.2) is 25.3 Å². The van der Waals surface area contributed by atoms with Crippen LogP contribution in [0.25, 0.3) is 0 Å². The summed E-state index contributed by atoms with van der Waals surface area (Å²) < 4.78 is 5.15. The highest BCUT2D eigenvalue weighted by Gasteiger charge is 2.10. The topological polar surface area (TPSA) is 55.4 Å². The van der Waals surface area contributed by atoms with Crippen molar-refractivity contribution in [3.05, 3.63) is 29.3 Å². The number of rotatable bonds is 5. The van der Waals surface area contributed by atoms with Crippen LogP contribution in [-0.2, 0) is 11.2 Å². The van der Waals surface area contributed by atoms with Gasteiger partial charge in [-0.3, -0.25) is 9.59 Å². The number of hydrogen-bond donors (Lipinski definition) is 1. The molecule has 1 aromatic rings. The molecule has 1 rings (SSSR count). The van der Waals surface area contributed by atoms with Crippen molar-refractivity contribution in [1.29, 1.82) is 0 Å². The van der Waals surface area contributed by atoms with Crippen molar-refractivity contribution in [3.63, 3.8) is 0 Å². The molecule has 0 saturated heterocycles. The number of methoxy groups -OCH3 is 1. The van der Waals surface area contributed by atoms with Gasteiger partial charge in [-0.1, -0.05) is 5.92 Å². The molecule has 0 atom stereocenters. The summed E-state index contributed by atoms with van der Waals surface area (Å²) in [6.07, 6.45) is 5.19. The molecule has 18 heavy (non-hydrogen) atoms. The van der Waals surface area contributed by atoms with Gasteiger partial charge in [-0.2, -0.15) is 0 Å². The summed E-state index contributed by atoms with van der Waals surface area (Å²) in [4.78, 5) is 22.9. The first-order valence-electron chi connectivity index (χ1n) is 5.46. The second-order valence-corrected chi connectivity index (χ2v) is 3.74. The quantitative estimate of drug-likeness (QED) is 0.626. The van der Waals surface area contributed by atoms with Crippen molar-refractivity contribution in [2.45, 2.75) is 13.3 Å². The number of benzene rings is 1. The van der Waals surface area contributed by atoms with E-state index in [1.807, 2.05) is 0 Å². The summed E-state index contributed by atoms with van der Waals surface area (Å²) >= 11 is 0. The molecular formula is C14H15NO3. The van der Waals surface area contributed by atoms with E-state index in [9.17, 15) is 9.59 Å². The van der Waals surface area contributed by atoms with E-state index >= 15 is 0 Å². The van der Waals surface area contributed by atoms with E-state index < -0.39 is 0 Å². The van der Waals surface area contributed by atoms with E-state index in [2.05, 4.69) is 11.2 Å². The number of ether oxygens (including phenoxy) is 1. The Bertz CT molecular complexity index is 500. The Hall–Kier alpha value is -2.28. The Labute approximate surface area is 106 Å². The minimum Gasteiger partial charge on any atom is -0.496 e. The molecule has 1 amide bonds. The fourth-order valence-corrected chi connectivity index (χ4v) is 1.52. The van der Waals surface area contributed by atoms with Crippen molar-refractivity contribution in [2.24, 2.45) is 0 Å². The molecule has 0 heterocycles. The lowest BCUT2D eigenvalue weighted by Crippen LogP contribution is -2.25. The van der Waals surface area contributed by atoms with Crippen molar-refractivity contribution >= 4 is 11.7 Å². The number of carbonyl (C=O) groups excluding carboxylic acids is 2. The molecule has 4 heteroatoms. The third-order valence-corrected chi connectivity index (χ3v) is 2.43. The highest BCUT2D eigenvalue weighted by Crippen LogP contribution is 2.20. The van der Waals surface area contributed by atoms with E-state index in [0.29, 0.717) is 16.9 Å². The molecule has 0 fully saturated rings. The lowest BCUT2D eigenvalue weighted by molar-refractivity contribution is -0.120. The van der Waals surface area contributed by atoms with Gasteiger partial charge in [0.2, 0.25) is 5.91 Å². The van der Waals surface area contributed by atoms with E-state index in [1.165, 1.54) is 14.0 Å². The van der Waals surface area contributed by atoms with Crippen molar-refractivity contribution in [3.8, 4) is 18.1 Å². The van der Waals surface area contributed by atoms with Crippen molar-refractivity contribution < 1.29 is 14.3 Å². The van der Waals surface area contributed by atoms with E-state index in [-0.39, 0.29) is 24.7 Å². The van der Waals surface area contributed by atoms with Crippen molar-refractivity contribution in [1.82, 2.24) is 5.32 Å². The minimum atomic E-state index is -0.202. The lowest BCUT2D eigenvalue weighted by Gasteiger charge is -2.09. The molecule has 0 saturated carbocycles. The Morgan fingerprint density at radius 1 is 1.44 bits per heavy atom. The predicted octanol–water partition coefficient (Wildman–Crippen LogP) is 1.19. The number of carbonyl (C=O) groups is 2. The Morgan fingerprint density at radius 3 is 2.72 bits per heavy atom. The molecule has 0 aliphatic heterocycles. The maximum absolute atomic E-state index is 11.6. The van der Waals surface area contributed by atoms with Gasteiger partial charge in [-0.15, -0.1) is 6.42 Å². The molecule has 0 unspecified atom stereocenters. The minimum absolute atomic E-state index is 0.0528. The third kappa shape index (κ3) is 3.63. The van der Waals surface area contributed by atoms with Crippen LogP contribution in [0.2, 0.25) is 0 Å². The molecule has 0 spiro atoms. The fraction of sp³-hybridized carbons (Fsp3) is 0.286. The van der Waals surface area contributed by atoms with Crippen LogP contribution in [0.15, 0.2) is 18.2 Å². The molecule has 0 radical (unpaired) electrons.